The quantitative estimate of drug-likeness (QED) is 0.568. The molecule has 1 aromatic rings. The van der Waals surface area contributed by atoms with Gasteiger partial charge in [-0.05, 0) is 30.5 Å². The second kappa shape index (κ2) is 8.26. The third kappa shape index (κ3) is 5.83. The van der Waals surface area contributed by atoms with Crippen molar-refractivity contribution in [2.45, 2.75) is 32.2 Å². The van der Waals surface area contributed by atoms with E-state index < -0.39 is 17.9 Å². The number of carbonyl (C=O) groups is 2. The molecule has 0 saturated heterocycles. The molecular formula is C15H22N2O4. The van der Waals surface area contributed by atoms with Crippen LogP contribution in [0.1, 0.15) is 25.3 Å². The summed E-state index contributed by atoms with van der Waals surface area (Å²) in [5.74, 6) is -1.71. The van der Waals surface area contributed by atoms with E-state index in [-0.39, 0.29) is 18.2 Å². The van der Waals surface area contributed by atoms with Gasteiger partial charge in [0, 0.05) is 6.54 Å². The average Bonchev–Trinajstić information content (AvgIpc) is 2.45. The zero-order valence-corrected chi connectivity index (χ0v) is 12.1. The minimum atomic E-state index is -0.913. The number of nitrogens with two attached hydrogens (primary N) is 1. The van der Waals surface area contributed by atoms with E-state index in [1.807, 2.05) is 6.92 Å². The molecule has 0 bridgehead atoms. The molecule has 21 heavy (non-hydrogen) atoms. The standard InChI is InChI=1S/C15H22N2O4/c1-2-3-11(15(20)21)9-17-14(19)13(16)8-10-4-6-12(18)7-5-10/h4-7,11,13,18H,2-3,8-9,16H2,1H3,(H,17,19)(H,20,21)/t11?,13-/m1/s1. The van der Waals surface area contributed by atoms with Crippen LogP contribution >= 0.6 is 0 Å². The molecule has 2 atom stereocenters. The number of hydrogen-bond donors (Lipinski definition) is 4. The first-order valence-corrected chi connectivity index (χ1v) is 6.98. The summed E-state index contributed by atoms with van der Waals surface area (Å²) in [6.07, 6.45) is 1.59. The fourth-order valence-electron chi connectivity index (χ4n) is 1.99. The molecule has 0 aromatic heterocycles. The summed E-state index contributed by atoms with van der Waals surface area (Å²) in [5, 5.41) is 20.8. The van der Waals surface area contributed by atoms with Crippen molar-refractivity contribution < 1.29 is 19.8 Å². The molecule has 5 N–H and O–H groups in total. The summed E-state index contributed by atoms with van der Waals surface area (Å²) in [6, 6.07) is 5.70. The molecule has 1 amide bonds. The summed E-state index contributed by atoms with van der Waals surface area (Å²) < 4.78 is 0. The fraction of sp³-hybridized carbons (Fsp3) is 0.467. The van der Waals surface area contributed by atoms with Crippen LogP contribution in [0.5, 0.6) is 5.75 Å². The van der Waals surface area contributed by atoms with Crippen LogP contribution in [0.4, 0.5) is 0 Å². The molecule has 0 aliphatic carbocycles. The summed E-state index contributed by atoms with van der Waals surface area (Å²) in [4.78, 5) is 22.9. The zero-order valence-electron chi connectivity index (χ0n) is 12.1. The summed E-state index contributed by atoms with van der Waals surface area (Å²) >= 11 is 0. The summed E-state index contributed by atoms with van der Waals surface area (Å²) in [5.41, 5.74) is 6.63. The van der Waals surface area contributed by atoms with Crippen molar-refractivity contribution in [3.05, 3.63) is 29.8 Å². The van der Waals surface area contributed by atoms with E-state index in [0.717, 1.165) is 12.0 Å². The topological polar surface area (TPSA) is 113 Å². The van der Waals surface area contributed by atoms with Gasteiger partial charge in [-0.25, -0.2) is 0 Å². The summed E-state index contributed by atoms with van der Waals surface area (Å²) in [6.45, 7) is 1.99. The number of aliphatic carboxylic acids is 1. The second-order valence-electron chi connectivity index (χ2n) is 5.05. The fourth-order valence-corrected chi connectivity index (χ4v) is 1.99. The Morgan fingerprint density at radius 3 is 2.43 bits per heavy atom. The van der Waals surface area contributed by atoms with Crippen LogP contribution in [0.15, 0.2) is 24.3 Å². The first kappa shape index (κ1) is 17.0. The molecule has 0 aliphatic rings. The Hall–Kier alpha value is -2.08. The van der Waals surface area contributed by atoms with Crippen LogP contribution in [0.3, 0.4) is 0 Å². The molecule has 1 aromatic carbocycles. The van der Waals surface area contributed by atoms with Gasteiger partial charge in [-0.15, -0.1) is 0 Å². The SMILES string of the molecule is CCCC(CNC(=O)[C@H](N)Cc1ccc(O)cc1)C(=O)O. The Labute approximate surface area is 124 Å². The van der Waals surface area contributed by atoms with E-state index in [1.165, 1.54) is 12.1 Å². The van der Waals surface area contributed by atoms with Gasteiger partial charge in [0.15, 0.2) is 0 Å². The van der Waals surface area contributed by atoms with E-state index in [9.17, 15) is 14.7 Å². The molecule has 0 aliphatic heterocycles. The number of carboxylic acids is 1. The number of hydrogen-bond acceptors (Lipinski definition) is 4. The van der Waals surface area contributed by atoms with Crippen LogP contribution in [-0.2, 0) is 16.0 Å². The van der Waals surface area contributed by atoms with Gasteiger partial charge in [0.25, 0.3) is 0 Å². The highest BCUT2D eigenvalue weighted by Gasteiger charge is 2.19. The highest BCUT2D eigenvalue weighted by atomic mass is 16.4. The first-order chi connectivity index (χ1) is 9.93. The molecule has 0 radical (unpaired) electrons. The number of amides is 1. The molecule has 0 heterocycles. The van der Waals surface area contributed by atoms with E-state index in [1.54, 1.807) is 12.1 Å². The van der Waals surface area contributed by atoms with Crippen LogP contribution in [0, 0.1) is 5.92 Å². The molecule has 0 spiro atoms. The van der Waals surface area contributed by atoms with Gasteiger partial charge in [0.2, 0.25) is 5.91 Å². The van der Waals surface area contributed by atoms with Gasteiger partial charge >= 0.3 is 5.97 Å². The molecular weight excluding hydrogens is 272 g/mol. The predicted octanol–water partition coefficient (Wildman–Crippen LogP) is 0.879. The number of rotatable bonds is 8. The molecule has 0 fully saturated rings. The Bertz CT molecular complexity index is 473. The minimum absolute atomic E-state index is 0.0886. The van der Waals surface area contributed by atoms with Crippen molar-refractivity contribution in [3.8, 4) is 5.75 Å². The number of benzene rings is 1. The number of nitrogens with one attached hydrogen (secondary N) is 1. The number of carbonyl (C=O) groups excluding carboxylic acids is 1. The zero-order chi connectivity index (χ0) is 15.8. The maximum absolute atomic E-state index is 11.9. The van der Waals surface area contributed by atoms with Crippen molar-refractivity contribution in [1.82, 2.24) is 5.32 Å². The lowest BCUT2D eigenvalue weighted by Gasteiger charge is -2.15. The van der Waals surface area contributed by atoms with Crippen molar-refractivity contribution in [2.75, 3.05) is 6.54 Å². The third-order valence-electron chi connectivity index (χ3n) is 3.24. The molecule has 6 heteroatoms. The van der Waals surface area contributed by atoms with Gasteiger partial charge in [0.1, 0.15) is 5.75 Å². The minimum Gasteiger partial charge on any atom is -0.508 e. The van der Waals surface area contributed by atoms with E-state index in [4.69, 9.17) is 10.8 Å². The van der Waals surface area contributed by atoms with Crippen LogP contribution < -0.4 is 11.1 Å². The van der Waals surface area contributed by atoms with Crippen molar-refractivity contribution in [1.29, 1.82) is 0 Å². The first-order valence-electron chi connectivity index (χ1n) is 6.98. The van der Waals surface area contributed by atoms with Gasteiger partial charge in [-0.2, -0.15) is 0 Å². The Morgan fingerprint density at radius 2 is 1.90 bits per heavy atom. The lowest BCUT2D eigenvalue weighted by molar-refractivity contribution is -0.142. The van der Waals surface area contributed by atoms with Crippen LogP contribution in [0.2, 0.25) is 0 Å². The number of phenols is 1. The summed E-state index contributed by atoms with van der Waals surface area (Å²) in [7, 11) is 0. The third-order valence-corrected chi connectivity index (χ3v) is 3.24. The van der Waals surface area contributed by atoms with Crippen molar-refractivity contribution in [3.63, 3.8) is 0 Å². The molecule has 1 unspecified atom stereocenters. The number of aromatic hydroxyl groups is 1. The van der Waals surface area contributed by atoms with Crippen molar-refractivity contribution in [2.24, 2.45) is 11.7 Å². The Balaban J connectivity index is 2.47. The van der Waals surface area contributed by atoms with Crippen LogP contribution in [-0.4, -0.2) is 34.7 Å². The Kier molecular flexibility index (Phi) is 6.68. The van der Waals surface area contributed by atoms with Gasteiger partial charge < -0.3 is 21.3 Å². The average molecular weight is 294 g/mol. The lowest BCUT2D eigenvalue weighted by atomic mass is 10.0. The molecule has 0 saturated carbocycles. The highest BCUT2D eigenvalue weighted by molar-refractivity contribution is 5.82. The second-order valence-corrected chi connectivity index (χ2v) is 5.05. The maximum atomic E-state index is 11.9. The van der Waals surface area contributed by atoms with Gasteiger partial charge in [-0.3, -0.25) is 9.59 Å². The van der Waals surface area contributed by atoms with Gasteiger partial charge in [-0.1, -0.05) is 25.5 Å². The molecule has 116 valence electrons. The Morgan fingerprint density at radius 1 is 1.29 bits per heavy atom. The van der Waals surface area contributed by atoms with Crippen molar-refractivity contribution >= 4 is 11.9 Å². The molecule has 6 nitrogen and oxygen atoms in total. The smallest absolute Gasteiger partial charge is 0.308 e. The van der Waals surface area contributed by atoms with E-state index >= 15 is 0 Å². The van der Waals surface area contributed by atoms with E-state index in [0.29, 0.717) is 12.8 Å². The van der Waals surface area contributed by atoms with Crippen LogP contribution in [0.25, 0.3) is 0 Å². The highest BCUT2D eigenvalue weighted by Crippen LogP contribution is 2.11. The van der Waals surface area contributed by atoms with Gasteiger partial charge in [0.05, 0.1) is 12.0 Å². The normalized spacial score (nSPS) is 13.4. The monoisotopic (exact) mass is 294 g/mol. The number of phenolic OH excluding ortho intramolecular Hbond substituents is 1. The largest absolute Gasteiger partial charge is 0.508 e. The molecule has 1 rings (SSSR count). The number of carboxylic acid groups (broad SMARTS) is 1. The lowest BCUT2D eigenvalue weighted by Crippen LogP contribution is -2.44. The predicted molar refractivity (Wildman–Crippen MR) is 78.8 cm³/mol. The van der Waals surface area contributed by atoms with E-state index in [2.05, 4.69) is 5.32 Å². The maximum Gasteiger partial charge on any atom is 0.308 e.